The van der Waals surface area contributed by atoms with Crippen LogP contribution in [0.5, 0.6) is 0 Å². The molecule has 2 unspecified atom stereocenters. The highest BCUT2D eigenvalue weighted by molar-refractivity contribution is 7.17. The van der Waals surface area contributed by atoms with Gasteiger partial charge in [0.1, 0.15) is 4.88 Å². The highest BCUT2D eigenvalue weighted by Gasteiger charge is 2.36. The van der Waals surface area contributed by atoms with Crippen molar-refractivity contribution >= 4 is 28.2 Å². The number of Topliss-reactive ketones (excluding diaryl/α,β-unsaturated/α-hetero) is 1. The summed E-state index contributed by atoms with van der Waals surface area (Å²) in [4.78, 5) is 27.9. The molecule has 1 aromatic rings. The average Bonchev–Trinajstić information content (AvgIpc) is 2.96. The third kappa shape index (κ3) is 3.12. The van der Waals surface area contributed by atoms with Gasteiger partial charge in [-0.05, 0) is 19.3 Å². The van der Waals surface area contributed by atoms with Crippen LogP contribution in [0.15, 0.2) is 0 Å². The number of carbonyl (C=O) groups excluding carboxylic acids is 2. The number of hydrogen-bond donors (Lipinski definition) is 1. The minimum atomic E-state index is -0.528. The van der Waals surface area contributed by atoms with Gasteiger partial charge in [-0.25, -0.2) is 9.78 Å². The molecule has 6 heteroatoms. The Morgan fingerprint density at radius 3 is 2.74 bits per heavy atom. The number of anilines is 1. The predicted molar refractivity (Wildman–Crippen MR) is 73.9 cm³/mol. The van der Waals surface area contributed by atoms with Crippen molar-refractivity contribution in [1.82, 2.24) is 4.98 Å². The number of thiazole rings is 1. The summed E-state index contributed by atoms with van der Waals surface area (Å²) < 4.78 is 4.92. The third-order valence-corrected chi connectivity index (χ3v) is 4.26. The SMILES string of the molecule is CCOC(=O)c1nc(NC2CC2CC)sc1C(C)=O. The first-order chi connectivity index (χ1) is 9.06. The molecule has 0 aromatic carbocycles. The second-order valence-corrected chi connectivity index (χ2v) is 5.63. The van der Waals surface area contributed by atoms with Gasteiger partial charge >= 0.3 is 5.97 Å². The van der Waals surface area contributed by atoms with Crippen molar-refractivity contribution in [3.8, 4) is 0 Å². The number of ketones is 1. The zero-order chi connectivity index (χ0) is 14.0. The maximum absolute atomic E-state index is 11.7. The summed E-state index contributed by atoms with van der Waals surface area (Å²) in [7, 11) is 0. The second kappa shape index (κ2) is 5.69. The molecule has 0 spiro atoms. The van der Waals surface area contributed by atoms with Crippen LogP contribution in [0.1, 0.15) is 53.8 Å². The van der Waals surface area contributed by atoms with Gasteiger partial charge in [0, 0.05) is 13.0 Å². The highest BCUT2D eigenvalue weighted by Crippen LogP contribution is 2.37. The monoisotopic (exact) mass is 282 g/mol. The van der Waals surface area contributed by atoms with Crippen LogP contribution in [0.2, 0.25) is 0 Å². The summed E-state index contributed by atoms with van der Waals surface area (Å²) in [5.74, 6) is -0.00741. The molecule has 0 amide bonds. The fourth-order valence-corrected chi connectivity index (χ4v) is 2.90. The minimum absolute atomic E-state index is 0.135. The number of hydrogen-bond acceptors (Lipinski definition) is 6. The Morgan fingerprint density at radius 2 is 2.21 bits per heavy atom. The lowest BCUT2D eigenvalue weighted by Crippen LogP contribution is -2.10. The summed E-state index contributed by atoms with van der Waals surface area (Å²) in [6, 6.07) is 0.422. The standard InChI is InChI=1S/C13H18N2O3S/c1-4-8-6-9(8)14-13-15-10(12(17)18-5-2)11(19-13)7(3)16/h8-9H,4-6H2,1-3H3,(H,14,15). The quantitative estimate of drug-likeness (QED) is 0.642. The Bertz CT molecular complexity index is 498. The molecule has 19 heavy (non-hydrogen) atoms. The minimum Gasteiger partial charge on any atom is -0.461 e. The van der Waals surface area contributed by atoms with Crippen molar-refractivity contribution in [3.05, 3.63) is 10.6 Å². The molecule has 0 bridgehead atoms. The van der Waals surface area contributed by atoms with Crippen LogP contribution in [-0.2, 0) is 4.74 Å². The van der Waals surface area contributed by atoms with Crippen LogP contribution in [0.3, 0.4) is 0 Å². The molecule has 2 rings (SSSR count). The molecule has 0 radical (unpaired) electrons. The van der Waals surface area contributed by atoms with E-state index in [1.54, 1.807) is 6.92 Å². The van der Waals surface area contributed by atoms with E-state index in [0.29, 0.717) is 22.0 Å². The van der Waals surface area contributed by atoms with E-state index < -0.39 is 5.97 Å². The molecule has 104 valence electrons. The maximum atomic E-state index is 11.7. The summed E-state index contributed by atoms with van der Waals surface area (Å²) in [6.45, 7) is 5.59. The number of nitrogens with one attached hydrogen (secondary N) is 1. The first-order valence-corrected chi connectivity index (χ1v) is 7.33. The number of rotatable bonds is 6. The van der Waals surface area contributed by atoms with E-state index in [9.17, 15) is 9.59 Å². The Kier molecular flexibility index (Phi) is 4.19. The number of aromatic nitrogens is 1. The summed E-state index contributed by atoms with van der Waals surface area (Å²) in [5.41, 5.74) is 0.135. The molecule has 1 aliphatic carbocycles. The molecule has 1 fully saturated rings. The molecule has 5 nitrogen and oxygen atoms in total. The summed E-state index contributed by atoms with van der Waals surface area (Å²) in [6.07, 6.45) is 2.26. The van der Waals surface area contributed by atoms with Gasteiger partial charge in [0.25, 0.3) is 0 Å². The van der Waals surface area contributed by atoms with Crippen LogP contribution >= 0.6 is 11.3 Å². The smallest absolute Gasteiger partial charge is 0.358 e. The van der Waals surface area contributed by atoms with Gasteiger partial charge in [-0.2, -0.15) is 0 Å². The number of esters is 1. The molecule has 1 N–H and O–H groups in total. The lowest BCUT2D eigenvalue weighted by atomic mass is 10.3. The van der Waals surface area contributed by atoms with E-state index in [2.05, 4.69) is 17.2 Å². The van der Waals surface area contributed by atoms with Crippen LogP contribution in [0.4, 0.5) is 5.13 Å². The molecule has 1 saturated carbocycles. The maximum Gasteiger partial charge on any atom is 0.358 e. The Balaban J connectivity index is 2.15. The predicted octanol–water partition coefficient (Wildman–Crippen LogP) is 2.73. The van der Waals surface area contributed by atoms with E-state index >= 15 is 0 Å². The van der Waals surface area contributed by atoms with Gasteiger partial charge in [0.15, 0.2) is 16.6 Å². The summed E-state index contributed by atoms with van der Waals surface area (Å²) in [5, 5.41) is 3.91. The first-order valence-electron chi connectivity index (χ1n) is 6.52. The molecule has 1 aliphatic rings. The van der Waals surface area contributed by atoms with E-state index in [1.165, 1.54) is 18.3 Å². The highest BCUT2D eigenvalue weighted by atomic mass is 32.1. The van der Waals surface area contributed by atoms with Gasteiger partial charge in [-0.15, -0.1) is 0 Å². The number of carbonyl (C=O) groups is 2. The van der Waals surface area contributed by atoms with Gasteiger partial charge in [-0.1, -0.05) is 24.7 Å². The molecule has 0 aliphatic heterocycles. The van der Waals surface area contributed by atoms with Crippen molar-refractivity contribution in [1.29, 1.82) is 0 Å². The molecule has 0 saturated heterocycles. The molecule has 1 aromatic heterocycles. The van der Waals surface area contributed by atoms with Crippen molar-refractivity contribution in [2.45, 2.75) is 39.7 Å². The zero-order valence-corrected chi connectivity index (χ0v) is 12.2. The largest absolute Gasteiger partial charge is 0.461 e. The second-order valence-electron chi connectivity index (χ2n) is 4.63. The number of nitrogens with zero attached hydrogens (tertiary/aromatic N) is 1. The fourth-order valence-electron chi connectivity index (χ4n) is 1.99. The van der Waals surface area contributed by atoms with E-state index in [1.807, 2.05) is 0 Å². The van der Waals surface area contributed by atoms with Crippen molar-refractivity contribution < 1.29 is 14.3 Å². The van der Waals surface area contributed by atoms with E-state index in [0.717, 1.165) is 12.8 Å². The lowest BCUT2D eigenvalue weighted by molar-refractivity contribution is 0.0517. The van der Waals surface area contributed by atoms with Crippen molar-refractivity contribution in [3.63, 3.8) is 0 Å². The lowest BCUT2D eigenvalue weighted by Gasteiger charge is -1.99. The van der Waals surface area contributed by atoms with Gasteiger partial charge < -0.3 is 10.1 Å². The molecule has 1 heterocycles. The Labute approximate surface area is 116 Å². The van der Waals surface area contributed by atoms with Crippen LogP contribution in [-0.4, -0.2) is 29.4 Å². The normalized spacial score (nSPS) is 21.0. The van der Waals surface area contributed by atoms with E-state index in [-0.39, 0.29) is 18.1 Å². The van der Waals surface area contributed by atoms with Crippen LogP contribution in [0, 0.1) is 5.92 Å². The molecular formula is C13H18N2O3S. The van der Waals surface area contributed by atoms with Crippen molar-refractivity contribution in [2.24, 2.45) is 5.92 Å². The fraction of sp³-hybridized carbons (Fsp3) is 0.615. The molecular weight excluding hydrogens is 264 g/mol. The average molecular weight is 282 g/mol. The van der Waals surface area contributed by atoms with Gasteiger partial charge in [0.05, 0.1) is 6.61 Å². The Morgan fingerprint density at radius 1 is 1.47 bits per heavy atom. The van der Waals surface area contributed by atoms with Crippen LogP contribution < -0.4 is 5.32 Å². The third-order valence-electron chi connectivity index (χ3n) is 3.17. The Hall–Kier alpha value is -1.43. The topological polar surface area (TPSA) is 68.3 Å². The van der Waals surface area contributed by atoms with Gasteiger partial charge in [-0.3, -0.25) is 4.79 Å². The first kappa shape index (κ1) is 14.0. The summed E-state index contributed by atoms with van der Waals surface area (Å²) >= 11 is 1.23. The van der Waals surface area contributed by atoms with E-state index in [4.69, 9.17) is 4.74 Å². The van der Waals surface area contributed by atoms with Gasteiger partial charge in [0.2, 0.25) is 0 Å². The van der Waals surface area contributed by atoms with Crippen molar-refractivity contribution in [2.75, 3.05) is 11.9 Å². The zero-order valence-electron chi connectivity index (χ0n) is 11.4. The van der Waals surface area contributed by atoms with Crippen LogP contribution in [0.25, 0.3) is 0 Å². The number of ether oxygens (including phenoxy) is 1. The molecule has 2 atom stereocenters.